The Morgan fingerprint density at radius 1 is 0.912 bits per heavy atom. The maximum atomic E-state index is 11.6. The number of unbranched alkanes of at least 4 members (excludes halogenated alkanes) is 2. The number of benzene rings is 2. The van der Waals surface area contributed by atoms with E-state index in [2.05, 4.69) is 50.9 Å². The molecule has 2 aromatic carbocycles. The summed E-state index contributed by atoms with van der Waals surface area (Å²) in [5, 5.41) is 9.62. The number of allylic oxidation sites excluding steroid dienone is 4. The Morgan fingerprint density at radius 2 is 1.44 bits per heavy atom. The summed E-state index contributed by atoms with van der Waals surface area (Å²) in [4.78, 5) is 11.6. The minimum Gasteiger partial charge on any atom is -0.462 e. The molecule has 3 nitrogen and oxygen atoms in total. The fraction of sp³-hybridized carbons (Fsp3) is 0.323. The summed E-state index contributed by atoms with van der Waals surface area (Å²) in [6.45, 7) is 15.9. The van der Waals surface area contributed by atoms with Crippen LogP contribution in [0.3, 0.4) is 0 Å². The van der Waals surface area contributed by atoms with E-state index in [1.165, 1.54) is 24.8 Å². The zero-order valence-electron chi connectivity index (χ0n) is 20.7. The lowest BCUT2D eigenvalue weighted by Gasteiger charge is -2.15. The molecule has 0 radical (unpaired) electrons. The van der Waals surface area contributed by atoms with Crippen molar-refractivity contribution in [2.24, 2.45) is 5.92 Å². The Morgan fingerprint density at radius 3 is 1.91 bits per heavy atom. The lowest BCUT2D eigenvalue weighted by molar-refractivity contribution is -0.140. The molecule has 0 spiro atoms. The molecular formula is C31H38O3. The van der Waals surface area contributed by atoms with Crippen molar-refractivity contribution in [2.75, 3.05) is 13.2 Å². The van der Waals surface area contributed by atoms with Crippen LogP contribution in [0.2, 0.25) is 0 Å². The molecule has 2 rings (SSSR count). The molecule has 0 heterocycles. The van der Waals surface area contributed by atoms with E-state index < -0.39 is 5.97 Å². The van der Waals surface area contributed by atoms with E-state index >= 15 is 0 Å². The number of carbonyl (C=O) groups is 1. The van der Waals surface area contributed by atoms with Crippen molar-refractivity contribution in [3.8, 4) is 0 Å². The zero-order chi connectivity index (χ0) is 24.9. The first kappa shape index (κ1) is 27.1. The van der Waals surface area contributed by atoms with E-state index in [0.29, 0.717) is 12.0 Å². The van der Waals surface area contributed by atoms with Crippen LogP contribution >= 0.6 is 0 Å². The predicted molar refractivity (Wildman–Crippen MR) is 143 cm³/mol. The number of hydrogen-bond acceptors (Lipinski definition) is 3. The molecule has 0 saturated heterocycles. The minimum atomic E-state index is -0.429. The second kappa shape index (κ2) is 14.2. The quantitative estimate of drug-likeness (QED) is 0.144. The lowest BCUT2D eigenvalue weighted by Crippen LogP contribution is -2.19. The first-order chi connectivity index (χ1) is 16.3. The predicted octanol–water partition coefficient (Wildman–Crippen LogP) is 6.97. The molecule has 1 atom stereocenters. The van der Waals surface area contributed by atoms with Gasteiger partial charge in [-0.05, 0) is 59.6 Å². The van der Waals surface area contributed by atoms with Gasteiger partial charge in [0.1, 0.15) is 0 Å². The monoisotopic (exact) mass is 458 g/mol. The number of carbonyl (C=O) groups excluding carboxylic acids is 1. The van der Waals surface area contributed by atoms with E-state index in [0.717, 1.165) is 34.3 Å². The molecule has 34 heavy (non-hydrogen) atoms. The van der Waals surface area contributed by atoms with Crippen LogP contribution in [0.5, 0.6) is 0 Å². The van der Waals surface area contributed by atoms with Gasteiger partial charge in [0.25, 0.3) is 0 Å². The second-order valence-electron chi connectivity index (χ2n) is 8.87. The molecule has 2 aromatic rings. The number of aryl methyl sites for hydroxylation is 1. The normalized spacial score (nSPS) is 11.9. The Kier molecular flexibility index (Phi) is 11.3. The molecule has 3 heteroatoms. The maximum absolute atomic E-state index is 11.6. The minimum absolute atomic E-state index is 0.0531. The molecule has 0 aliphatic rings. The molecule has 0 fully saturated rings. The summed E-state index contributed by atoms with van der Waals surface area (Å²) in [6, 6.07) is 16.7. The highest BCUT2D eigenvalue weighted by Crippen LogP contribution is 2.21. The third-order valence-electron chi connectivity index (χ3n) is 5.79. The van der Waals surface area contributed by atoms with Crippen LogP contribution < -0.4 is 0 Å². The van der Waals surface area contributed by atoms with Crippen molar-refractivity contribution >= 4 is 17.1 Å². The SMILES string of the molecule is C=C(C)C(=O)OCC(CO)Cc1ccc(C(=C)/C=C\C(=C)c2ccc(CCCCC)cc2)cc1. The summed E-state index contributed by atoms with van der Waals surface area (Å²) in [5.41, 5.74) is 6.78. The molecule has 0 bridgehead atoms. The highest BCUT2D eigenvalue weighted by Gasteiger charge is 2.13. The highest BCUT2D eigenvalue weighted by atomic mass is 16.5. The summed E-state index contributed by atoms with van der Waals surface area (Å²) in [6.07, 6.45) is 9.48. The first-order valence-corrected chi connectivity index (χ1v) is 12.0. The van der Waals surface area contributed by atoms with Gasteiger partial charge in [-0.1, -0.05) is 100 Å². The van der Waals surface area contributed by atoms with Gasteiger partial charge in [-0.3, -0.25) is 0 Å². The zero-order valence-corrected chi connectivity index (χ0v) is 20.7. The van der Waals surface area contributed by atoms with Gasteiger partial charge < -0.3 is 9.84 Å². The van der Waals surface area contributed by atoms with Gasteiger partial charge in [0.05, 0.1) is 6.61 Å². The maximum Gasteiger partial charge on any atom is 0.333 e. The number of esters is 1. The van der Waals surface area contributed by atoms with Crippen molar-refractivity contribution in [1.82, 2.24) is 0 Å². The summed E-state index contributed by atoms with van der Waals surface area (Å²) >= 11 is 0. The average Bonchev–Trinajstić information content (AvgIpc) is 2.85. The van der Waals surface area contributed by atoms with E-state index in [1.807, 2.05) is 36.4 Å². The number of rotatable bonds is 14. The summed E-state index contributed by atoms with van der Waals surface area (Å²) in [7, 11) is 0. The molecule has 180 valence electrons. The molecule has 1 N–H and O–H groups in total. The molecular weight excluding hydrogens is 420 g/mol. The molecule has 0 amide bonds. The second-order valence-corrected chi connectivity index (χ2v) is 8.87. The highest BCUT2D eigenvalue weighted by molar-refractivity contribution is 5.86. The Labute approximate surface area is 205 Å². The largest absolute Gasteiger partial charge is 0.462 e. The van der Waals surface area contributed by atoms with E-state index in [1.54, 1.807) is 6.92 Å². The van der Waals surface area contributed by atoms with Crippen LogP contribution in [0.25, 0.3) is 11.1 Å². The molecule has 0 saturated carbocycles. The number of aliphatic hydroxyl groups is 1. The van der Waals surface area contributed by atoms with Crippen LogP contribution in [-0.4, -0.2) is 24.3 Å². The van der Waals surface area contributed by atoms with Gasteiger partial charge in [-0.2, -0.15) is 0 Å². The van der Waals surface area contributed by atoms with Crippen molar-refractivity contribution in [3.05, 3.63) is 108 Å². The van der Waals surface area contributed by atoms with Crippen molar-refractivity contribution in [1.29, 1.82) is 0 Å². The molecule has 1 unspecified atom stereocenters. The van der Waals surface area contributed by atoms with Crippen molar-refractivity contribution in [3.63, 3.8) is 0 Å². The van der Waals surface area contributed by atoms with Crippen LogP contribution in [0.15, 0.2) is 86.0 Å². The van der Waals surface area contributed by atoms with Crippen LogP contribution in [0.1, 0.15) is 55.4 Å². The topological polar surface area (TPSA) is 46.5 Å². The van der Waals surface area contributed by atoms with Gasteiger partial charge in [0, 0.05) is 18.1 Å². The van der Waals surface area contributed by atoms with E-state index in [-0.39, 0.29) is 19.1 Å². The van der Waals surface area contributed by atoms with Gasteiger partial charge >= 0.3 is 5.97 Å². The smallest absolute Gasteiger partial charge is 0.333 e. The fourth-order valence-electron chi connectivity index (χ4n) is 3.54. The first-order valence-electron chi connectivity index (χ1n) is 12.0. The standard InChI is InChI=1S/C31H38O3/c1-6-7-8-9-26-12-16-29(17-13-26)24(4)10-11-25(5)30-18-14-27(15-19-30)20-28(21-32)22-34-31(33)23(2)3/h10-19,28,32H,2,4-9,20-22H2,1,3H3/b11-10-. The summed E-state index contributed by atoms with van der Waals surface area (Å²) < 4.78 is 5.18. The Balaban J connectivity index is 1.90. The summed E-state index contributed by atoms with van der Waals surface area (Å²) in [5.74, 6) is -0.583. The molecule has 0 aromatic heterocycles. The Bertz CT molecular complexity index is 994. The molecule has 0 aliphatic heterocycles. The van der Waals surface area contributed by atoms with Gasteiger partial charge in [-0.25, -0.2) is 4.79 Å². The van der Waals surface area contributed by atoms with Crippen molar-refractivity contribution in [2.45, 2.75) is 46.0 Å². The molecule has 0 aliphatic carbocycles. The van der Waals surface area contributed by atoms with Gasteiger partial charge in [-0.15, -0.1) is 0 Å². The average molecular weight is 459 g/mol. The van der Waals surface area contributed by atoms with E-state index in [4.69, 9.17) is 4.74 Å². The van der Waals surface area contributed by atoms with Crippen molar-refractivity contribution < 1.29 is 14.6 Å². The Hall–Kier alpha value is -3.17. The third-order valence-corrected chi connectivity index (χ3v) is 5.79. The lowest BCUT2D eigenvalue weighted by atomic mass is 9.97. The van der Waals surface area contributed by atoms with E-state index in [9.17, 15) is 9.90 Å². The number of ether oxygens (including phenoxy) is 1. The van der Waals surface area contributed by atoms with Gasteiger partial charge in [0.2, 0.25) is 0 Å². The fourth-order valence-corrected chi connectivity index (χ4v) is 3.54. The van der Waals surface area contributed by atoms with Gasteiger partial charge in [0.15, 0.2) is 0 Å². The number of aliphatic hydroxyl groups excluding tert-OH is 1. The van der Waals surface area contributed by atoms with Crippen LogP contribution in [0, 0.1) is 5.92 Å². The van der Waals surface area contributed by atoms with Crippen LogP contribution in [-0.2, 0) is 22.4 Å². The third kappa shape index (κ3) is 8.99. The number of hydrogen-bond donors (Lipinski definition) is 1. The van der Waals surface area contributed by atoms with Crippen LogP contribution in [0.4, 0.5) is 0 Å².